The molecule has 21 heavy (non-hydrogen) atoms. The summed E-state index contributed by atoms with van der Waals surface area (Å²) in [7, 11) is 0. The van der Waals surface area contributed by atoms with Gasteiger partial charge in [0.1, 0.15) is 11.6 Å². The second-order valence-electron chi connectivity index (χ2n) is 5.29. The molecule has 0 aliphatic carbocycles. The van der Waals surface area contributed by atoms with Crippen LogP contribution >= 0.6 is 22.9 Å². The predicted octanol–water partition coefficient (Wildman–Crippen LogP) is 5.20. The fourth-order valence-corrected chi connectivity index (χ4v) is 3.51. The number of fused-ring (bicyclic) bond motifs is 1. The lowest BCUT2D eigenvalue weighted by Gasteiger charge is -2.10. The van der Waals surface area contributed by atoms with Crippen molar-refractivity contribution in [3.63, 3.8) is 0 Å². The molecule has 0 aliphatic heterocycles. The average Bonchev–Trinajstić information content (AvgIpc) is 2.97. The maximum absolute atomic E-state index is 13.8. The first kappa shape index (κ1) is 14.5. The summed E-state index contributed by atoms with van der Waals surface area (Å²) in [5.41, 5.74) is 3.48. The molecule has 2 heterocycles. The van der Waals surface area contributed by atoms with Crippen LogP contribution in [0, 0.1) is 19.7 Å². The molecule has 1 unspecified atom stereocenters. The molecule has 0 saturated carbocycles. The van der Waals surface area contributed by atoms with E-state index in [1.165, 1.54) is 16.5 Å². The molecule has 3 aromatic rings. The van der Waals surface area contributed by atoms with Gasteiger partial charge in [-0.05, 0) is 49.4 Å². The number of hydrogen-bond donors (Lipinski definition) is 0. The highest BCUT2D eigenvalue weighted by Gasteiger charge is 2.17. The first-order valence-electron chi connectivity index (χ1n) is 6.80. The lowest BCUT2D eigenvalue weighted by molar-refractivity contribution is 0.620. The van der Waals surface area contributed by atoms with Crippen LogP contribution in [0.3, 0.4) is 0 Å². The number of hydrogen-bond acceptors (Lipinski definition) is 2. The van der Waals surface area contributed by atoms with Crippen molar-refractivity contribution >= 4 is 34.0 Å². The van der Waals surface area contributed by atoms with Crippen molar-refractivity contribution in [2.75, 3.05) is 0 Å². The molecule has 0 bridgehead atoms. The number of aromatic nitrogens is 2. The smallest absolute Gasteiger partial charge is 0.128 e. The molecule has 110 valence electrons. The maximum atomic E-state index is 13.8. The van der Waals surface area contributed by atoms with E-state index in [4.69, 9.17) is 11.6 Å². The van der Waals surface area contributed by atoms with Crippen LogP contribution in [0.2, 0.25) is 0 Å². The van der Waals surface area contributed by atoms with Gasteiger partial charge < -0.3 is 4.57 Å². The molecule has 2 nitrogen and oxygen atoms in total. The number of halogens is 2. The molecule has 0 aliphatic rings. The summed E-state index contributed by atoms with van der Waals surface area (Å²) < 4.78 is 15.8. The summed E-state index contributed by atoms with van der Waals surface area (Å²) in [6.45, 7) is 6.48. The van der Waals surface area contributed by atoms with Gasteiger partial charge in [0.15, 0.2) is 0 Å². The highest BCUT2D eigenvalue weighted by atomic mass is 35.5. The molecule has 1 aromatic carbocycles. The third-order valence-corrected chi connectivity index (χ3v) is 4.89. The van der Waals surface area contributed by atoms with Crippen LogP contribution in [0.1, 0.15) is 34.1 Å². The minimum absolute atomic E-state index is 0.221. The molecule has 3 rings (SSSR count). The number of rotatable bonds is 3. The summed E-state index contributed by atoms with van der Waals surface area (Å²) in [5, 5.41) is 1.86. The first-order chi connectivity index (χ1) is 9.97. The van der Waals surface area contributed by atoms with Crippen molar-refractivity contribution in [2.24, 2.45) is 0 Å². The largest absolute Gasteiger partial charge is 0.321 e. The number of imidazole rings is 1. The maximum Gasteiger partial charge on any atom is 0.128 e. The quantitative estimate of drug-likeness (QED) is 0.606. The number of benzene rings is 1. The predicted molar refractivity (Wildman–Crippen MR) is 86.9 cm³/mol. The lowest BCUT2D eigenvalue weighted by atomic mass is 10.2. The molecule has 0 N–H and O–H groups in total. The number of alkyl halides is 1. The van der Waals surface area contributed by atoms with E-state index < -0.39 is 0 Å². The Morgan fingerprint density at radius 2 is 2.10 bits per heavy atom. The van der Waals surface area contributed by atoms with E-state index in [-0.39, 0.29) is 11.2 Å². The lowest BCUT2D eigenvalue weighted by Crippen LogP contribution is -2.05. The number of thiophene rings is 1. The van der Waals surface area contributed by atoms with Gasteiger partial charge in [-0.2, -0.15) is 0 Å². The Bertz CT molecular complexity index is 804. The third-order valence-electron chi connectivity index (χ3n) is 3.68. The molecule has 0 amide bonds. The summed E-state index contributed by atoms with van der Waals surface area (Å²) in [6.07, 6.45) is 0. The van der Waals surface area contributed by atoms with Crippen LogP contribution in [0.4, 0.5) is 4.39 Å². The zero-order valence-electron chi connectivity index (χ0n) is 12.2. The Morgan fingerprint density at radius 1 is 1.33 bits per heavy atom. The van der Waals surface area contributed by atoms with Gasteiger partial charge in [-0.3, -0.25) is 0 Å². The zero-order valence-corrected chi connectivity index (χ0v) is 13.7. The van der Waals surface area contributed by atoms with E-state index in [0.717, 1.165) is 17.9 Å². The van der Waals surface area contributed by atoms with Gasteiger partial charge in [0.25, 0.3) is 0 Å². The van der Waals surface area contributed by atoms with E-state index in [1.807, 2.05) is 13.0 Å². The molecule has 5 heteroatoms. The van der Waals surface area contributed by atoms with Crippen molar-refractivity contribution in [1.29, 1.82) is 0 Å². The van der Waals surface area contributed by atoms with E-state index in [9.17, 15) is 4.39 Å². The second-order valence-corrected chi connectivity index (χ2v) is 6.94. The monoisotopic (exact) mass is 322 g/mol. The standard InChI is InChI=1S/C16H16ClFN2S/c1-9-4-5-21-15(9)8-20-14-6-10(2)12(18)7-13(14)19-16(20)11(3)17/h4-7,11H,8H2,1-3H3. The van der Waals surface area contributed by atoms with Crippen molar-refractivity contribution in [2.45, 2.75) is 32.7 Å². The minimum atomic E-state index is -0.228. The number of nitrogens with zero attached hydrogens (tertiary/aromatic N) is 2. The summed E-state index contributed by atoms with van der Waals surface area (Å²) in [6, 6.07) is 5.45. The van der Waals surface area contributed by atoms with Gasteiger partial charge in [0.05, 0.1) is 23.0 Å². The summed E-state index contributed by atoms with van der Waals surface area (Å²) in [5.74, 6) is 0.553. The molecule has 0 radical (unpaired) electrons. The normalized spacial score (nSPS) is 13.0. The summed E-state index contributed by atoms with van der Waals surface area (Å²) in [4.78, 5) is 5.79. The van der Waals surface area contributed by atoms with Gasteiger partial charge in [0.2, 0.25) is 0 Å². The topological polar surface area (TPSA) is 17.8 Å². The van der Waals surface area contributed by atoms with E-state index in [0.29, 0.717) is 11.1 Å². The van der Waals surface area contributed by atoms with Crippen LogP contribution in [-0.2, 0) is 6.54 Å². The first-order valence-corrected chi connectivity index (χ1v) is 8.12. The van der Waals surface area contributed by atoms with Crippen molar-refractivity contribution in [1.82, 2.24) is 9.55 Å². The Balaban J connectivity index is 2.20. The Kier molecular flexibility index (Phi) is 3.76. The van der Waals surface area contributed by atoms with Crippen LogP contribution < -0.4 is 0 Å². The minimum Gasteiger partial charge on any atom is -0.321 e. The van der Waals surface area contributed by atoms with Gasteiger partial charge >= 0.3 is 0 Å². The van der Waals surface area contributed by atoms with E-state index in [1.54, 1.807) is 18.3 Å². The van der Waals surface area contributed by atoms with E-state index in [2.05, 4.69) is 27.9 Å². The van der Waals surface area contributed by atoms with Gasteiger partial charge in [-0.15, -0.1) is 22.9 Å². The Hall–Kier alpha value is -1.39. The van der Waals surface area contributed by atoms with Crippen LogP contribution in [0.25, 0.3) is 11.0 Å². The molecule has 0 fully saturated rings. The zero-order chi connectivity index (χ0) is 15.1. The summed E-state index contributed by atoms with van der Waals surface area (Å²) >= 11 is 7.98. The molecule has 1 atom stereocenters. The van der Waals surface area contributed by atoms with Crippen LogP contribution in [0.15, 0.2) is 23.6 Å². The van der Waals surface area contributed by atoms with Crippen LogP contribution in [-0.4, -0.2) is 9.55 Å². The molecule has 0 saturated heterocycles. The average molecular weight is 323 g/mol. The number of aryl methyl sites for hydroxylation is 2. The van der Waals surface area contributed by atoms with E-state index >= 15 is 0 Å². The Labute approximate surface area is 132 Å². The molecule has 2 aromatic heterocycles. The SMILES string of the molecule is Cc1cc2c(cc1F)nc(C(C)Cl)n2Cc1sccc1C. The Morgan fingerprint density at radius 3 is 2.71 bits per heavy atom. The van der Waals surface area contributed by atoms with Crippen LogP contribution in [0.5, 0.6) is 0 Å². The fraction of sp³-hybridized carbons (Fsp3) is 0.312. The van der Waals surface area contributed by atoms with Crippen molar-refractivity contribution < 1.29 is 4.39 Å². The highest BCUT2D eigenvalue weighted by Crippen LogP contribution is 2.28. The van der Waals surface area contributed by atoms with Gasteiger partial charge in [-0.1, -0.05) is 0 Å². The van der Waals surface area contributed by atoms with Gasteiger partial charge in [0, 0.05) is 10.9 Å². The second kappa shape index (κ2) is 5.43. The third kappa shape index (κ3) is 2.58. The van der Waals surface area contributed by atoms with Crippen molar-refractivity contribution in [3.8, 4) is 0 Å². The highest BCUT2D eigenvalue weighted by molar-refractivity contribution is 7.10. The van der Waals surface area contributed by atoms with Gasteiger partial charge in [-0.25, -0.2) is 9.37 Å². The molecule has 0 spiro atoms. The molecular weight excluding hydrogens is 307 g/mol. The fourth-order valence-electron chi connectivity index (χ4n) is 2.45. The molecular formula is C16H16ClFN2S. The van der Waals surface area contributed by atoms with Crippen molar-refractivity contribution in [3.05, 3.63) is 51.2 Å².